The first-order chi connectivity index (χ1) is 16.3. The summed E-state index contributed by atoms with van der Waals surface area (Å²) in [6.07, 6.45) is 3.08. The van der Waals surface area contributed by atoms with E-state index in [9.17, 15) is 9.00 Å². The first-order valence-electron chi connectivity index (χ1n) is 12.3. The lowest BCUT2D eigenvalue weighted by Gasteiger charge is -2.47. The molecule has 0 spiro atoms. The Hall–Kier alpha value is -1.32. The lowest BCUT2D eigenvalue weighted by Crippen LogP contribution is -2.60. The topological polar surface area (TPSA) is 58.6 Å². The van der Waals surface area contributed by atoms with Crippen molar-refractivity contribution in [3.05, 3.63) is 70.2 Å². The van der Waals surface area contributed by atoms with Gasteiger partial charge in [0, 0.05) is 17.6 Å². The summed E-state index contributed by atoms with van der Waals surface area (Å²) in [5.41, 5.74) is 0.278. The number of carbonyl (C=O) groups is 1. The van der Waals surface area contributed by atoms with Crippen molar-refractivity contribution >= 4 is 41.1 Å². The SMILES string of the molecule is CC(C)(C)S(=O)N[C@H](c1ccc(Br)cc1)[C@@](O[Si](C)(C)C)(C(=O)N1CCCCC1)c1ccccc1. The van der Waals surface area contributed by atoms with Crippen molar-refractivity contribution in [2.45, 2.75) is 76.1 Å². The summed E-state index contributed by atoms with van der Waals surface area (Å²) in [7, 11) is -3.74. The minimum absolute atomic E-state index is 0.0582. The predicted molar refractivity (Wildman–Crippen MR) is 151 cm³/mol. The Balaban J connectivity index is 2.31. The van der Waals surface area contributed by atoms with E-state index in [2.05, 4.69) is 40.3 Å². The van der Waals surface area contributed by atoms with E-state index < -0.39 is 35.7 Å². The molecule has 3 atom stereocenters. The van der Waals surface area contributed by atoms with Crippen LogP contribution < -0.4 is 4.72 Å². The number of amides is 1. The molecule has 1 aliphatic heterocycles. The number of piperidine rings is 1. The highest BCUT2D eigenvalue weighted by Gasteiger charge is 2.54. The maximum Gasteiger partial charge on any atom is 0.260 e. The summed E-state index contributed by atoms with van der Waals surface area (Å²) in [6, 6.07) is 17.0. The predicted octanol–water partition coefficient (Wildman–Crippen LogP) is 6.30. The minimum Gasteiger partial charge on any atom is -0.399 e. The highest BCUT2D eigenvalue weighted by Crippen LogP contribution is 2.44. The third-order valence-corrected chi connectivity index (χ3v) is 9.05. The van der Waals surface area contributed by atoms with E-state index in [-0.39, 0.29) is 5.91 Å². The Morgan fingerprint density at radius 1 is 1.00 bits per heavy atom. The highest BCUT2D eigenvalue weighted by atomic mass is 79.9. The molecule has 5 nitrogen and oxygen atoms in total. The number of rotatable bonds is 8. The van der Waals surface area contributed by atoms with Crippen molar-refractivity contribution in [3.8, 4) is 0 Å². The van der Waals surface area contributed by atoms with Crippen LogP contribution in [-0.4, -0.2) is 41.2 Å². The molecule has 2 aromatic carbocycles. The number of likely N-dealkylation sites (tertiary alicyclic amines) is 1. The highest BCUT2D eigenvalue weighted by molar-refractivity contribution is 9.10. The van der Waals surface area contributed by atoms with E-state index in [1.54, 1.807) is 0 Å². The van der Waals surface area contributed by atoms with Crippen LogP contribution in [0.5, 0.6) is 0 Å². The zero-order chi connectivity index (χ0) is 25.9. The van der Waals surface area contributed by atoms with Crippen molar-refractivity contribution < 1.29 is 13.4 Å². The normalized spacial score (nSPS) is 18.5. The van der Waals surface area contributed by atoms with Crippen LogP contribution in [-0.2, 0) is 25.8 Å². The van der Waals surface area contributed by atoms with Crippen molar-refractivity contribution in [3.63, 3.8) is 0 Å². The van der Waals surface area contributed by atoms with Gasteiger partial charge in [-0.3, -0.25) is 4.79 Å². The Morgan fingerprint density at radius 3 is 2.09 bits per heavy atom. The molecular formula is C27H39BrN2O3SSi. The molecule has 2 aromatic rings. The molecule has 35 heavy (non-hydrogen) atoms. The van der Waals surface area contributed by atoms with Crippen molar-refractivity contribution in [2.75, 3.05) is 13.1 Å². The summed E-state index contributed by atoms with van der Waals surface area (Å²) < 4.78 is 24.4. The van der Waals surface area contributed by atoms with Crippen LogP contribution in [0.3, 0.4) is 0 Å². The van der Waals surface area contributed by atoms with Gasteiger partial charge in [0.1, 0.15) is 0 Å². The van der Waals surface area contributed by atoms with Gasteiger partial charge >= 0.3 is 0 Å². The summed E-state index contributed by atoms with van der Waals surface area (Å²) in [5.74, 6) is -0.0582. The third-order valence-electron chi connectivity index (χ3n) is 6.02. The summed E-state index contributed by atoms with van der Waals surface area (Å²) >= 11 is 3.53. The van der Waals surface area contributed by atoms with Gasteiger partial charge in [-0.1, -0.05) is 58.4 Å². The van der Waals surface area contributed by atoms with Crippen LogP contribution in [0.2, 0.25) is 19.6 Å². The number of hydrogen-bond donors (Lipinski definition) is 1. The zero-order valence-electron chi connectivity index (χ0n) is 21.8. The molecule has 0 saturated carbocycles. The van der Waals surface area contributed by atoms with Crippen molar-refractivity contribution in [2.24, 2.45) is 0 Å². The van der Waals surface area contributed by atoms with Crippen LogP contribution in [0.4, 0.5) is 0 Å². The van der Waals surface area contributed by atoms with E-state index in [0.717, 1.165) is 34.9 Å². The second-order valence-electron chi connectivity index (χ2n) is 11.2. The molecule has 0 aromatic heterocycles. The molecule has 1 aliphatic rings. The monoisotopic (exact) mass is 578 g/mol. The standard InChI is InChI=1S/C27H39BrN2O3SSi/c1-26(2,3)34(32)29-24(21-15-17-23(28)18-16-21)27(33-35(4,5)6,22-13-9-7-10-14-22)25(31)30-19-11-8-12-20-30/h7,9-10,13-18,24,29H,8,11-12,19-20H2,1-6H3/t24-,27-,34?/m1/s1. The fourth-order valence-corrected chi connectivity index (χ4v) is 6.82. The van der Waals surface area contributed by atoms with Gasteiger partial charge in [-0.15, -0.1) is 0 Å². The molecule has 0 bridgehead atoms. The molecule has 8 heteroatoms. The van der Waals surface area contributed by atoms with E-state index in [1.807, 2.05) is 80.3 Å². The minimum atomic E-state index is -2.30. The summed E-state index contributed by atoms with van der Waals surface area (Å²) in [4.78, 5) is 16.6. The van der Waals surface area contributed by atoms with E-state index in [4.69, 9.17) is 4.43 Å². The maximum atomic E-state index is 14.7. The van der Waals surface area contributed by atoms with Gasteiger partial charge in [-0.05, 0) is 82.9 Å². The van der Waals surface area contributed by atoms with Crippen molar-refractivity contribution in [1.29, 1.82) is 0 Å². The summed E-state index contributed by atoms with van der Waals surface area (Å²) in [6.45, 7) is 13.5. The average molecular weight is 580 g/mol. The van der Waals surface area contributed by atoms with Crippen molar-refractivity contribution in [1.82, 2.24) is 9.62 Å². The number of carbonyl (C=O) groups excluding carboxylic acids is 1. The van der Waals surface area contributed by atoms with E-state index in [1.165, 1.54) is 0 Å². The van der Waals surface area contributed by atoms with Crippen LogP contribution in [0.25, 0.3) is 0 Å². The molecule has 1 N–H and O–H groups in total. The first kappa shape index (κ1) is 28.3. The Labute approximate surface area is 222 Å². The molecular weight excluding hydrogens is 540 g/mol. The second kappa shape index (κ2) is 11.4. The van der Waals surface area contributed by atoms with Gasteiger partial charge < -0.3 is 9.33 Å². The fraction of sp³-hybridized carbons (Fsp3) is 0.519. The van der Waals surface area contributed by atoms with Crippen LogP contribution in [0, 0.1) is 0 Å². The lowest BCUT2D eigenvalue weighted by atomic mass is 9.81. The van der Waals surface area contributed by atoms with Gasteiger partial charge in [0.2, 0.25) is 0 Å². The molecule has 1 amide bonds. The number of nitrogens with zero attached hydrogens (tertiary/aromatic N) is 1. The molecule has 1 heterocycles. The average Bonchev–Trinajstić information content (AvgIpc) is 2.81. The number of benzene rings is 2. The van der Waals surface area contributed by atoms with E-state index >= 15 is 0 Å². The second-order valence-corrected chi connectivity index (χ2v) is 18.5. The first-order valence-corrected chi connectivity index (χ1v) is 17.7. The number of nitrogens with one attached hydrogen (secondary N) is 1. The zero-order valence-corrected chi connectivity index (χ0v) is 25.2. The lowest BCUT2D eigenvalue weighted by molar-refractivity contribution is -0.154. The summed E-state index contributed by atoms with van der Waals surface area (Å²) in [5, 5.41) is 0. The molecule has 1 saturated heterocycles. The quantitative estimate of drug-likeness (QED) is 0.374. The molecule has 1 unspecified atom stereocenters. The number of hydrogen-bond acceptors (Lipinski definition) is 3. The molecule has 0 radical (unpaired) electrons. The Kier molecular flexibility index (Phi) is 9.19. The van der Waals surface area contributed by atoms with Crippen LogP contribution in [0.15, 0.2) is 59.1 Å². The fourth-order valence-electron chi connectivity index (χ4n) is 4.40. The molecule has 192 valence electrons. The van der Waals surface area contributed by atoms with Gasteiger partial charge in [-0.25, -0.2) is 8.93 Å². The van der Waals surface area contributed by atoms with Gasteiger partial charge in [0.25, 0.3) is 5.91 Å². The Morgan fingerprint density at radius 2 is 1.57 bits per heavy atom. The maximum absolute atomic E-state index is 14.7. The molecule has 1 fully saturated rings. The molecule has 3 rings (SSSR count). The van der Waals surface area contributed by atoms with Gasteiger partial charge in [-0.2, -0.15) is 0 Å². The molecule has 0 aliphatic carbocycles. The third kappa shape index (κ3) is 6.92. The van der Waals surface area contributed by atoms with E-state index in [0.29, 0.717) is 13.1 Å². The van der Waals surface area contributed by atoms with Crippen LogP contribution >= 0.6 is 15.9 Å². The number of halogens is 1. The van der Waals surface area contributed by atoms with Crippen LogP contribution in [0.1, 0.15) is 57.2 Å². The van der Waals surface area contributed by atoms with Gasteiger partial charge in [0.05, 0.1) is 21.8 Å². The smallest absolute Gasteiger partial charge is 0.260 e. The Bertz CT molecular complexity index is 1020. The largest absolute Gasteiger partial charge is 0.399 e. The van der Waals surface area contributed by atoms with Gasteiger partial charge in [0.15, 0.2) is 13.9 Å².